The van der Waals surface area contributed by atoms with E-state index in [0.29, 0.717) is 18.9 Å². The number of carbonyl (C=O) groups is 2. The fourth-order valence-electron chi connectivity index (χ4n) is 3.78. The van der Waals surface area contributed by atoms with Gasteiger partial charge in [0.15, 0.2) is 0 Å². The molecule has 1 aromatic heterocycles. The summed E-state index contributed by atoms with van der Waals surface area (Å²) in [6.45, 7) is 4.10. The molecular formula is C22H30N4O3. The molecule has 1 aliphatic rings. The van der Waals surface area contributed by atoms with Gasteiger partial charge in [-0.15, -0.1) is 0 Å². The molecule has 0 bridgehead atoms. The molecule has 1 fully saturated rings. The van der Waals surface area contributed by atoms with Gasteiger partial charge in [0.05, 0.1) is 19.6 Å². The highest BCUT2D eigenvalue weighted by Crippen LogP contribution is 2.24. The van der Waals surface area contributed by atoms with Gasteiger partial charge in [-0.2, -0.15) is 5.10 Å². The molecule has 1 unspecified atom stereocenters. The van der Waals surface area contributed by atoms with Gasteiger partial charge in [-0.05, 0) is 43.4 Å². The molecule has 0 spiro atoms. The Bertz CT molecular complexity index is 798. The molecule has 3 rings (SSSR count). The number of hydrogen-bond donors (Lipinski definition) is 1. The van der Waals surface area contributed by atoms with Crippen molar-refractivity contribution in [3.63, 3.8) is 0 Å². The number of nitrogens with one attached hydrogen (secondary N) is 1. The normalized spacial score (nSPS) is 15.7. The number of piperidine rings is 1. The summed E-state index contributed by atoms with van der Waals surface area (Å²) in [5, 5.41) is 7.10. The van der Waals surface area contributed by atoms with Crippen LogP contribution in [0, 0.1) is 11.8 Å². The van der Waals surface area contributed by atoms with Crippen molar-refractivity contribution < 1.29 is 14.3 Å². The average Bonchev–Trinajstić information content (AvgIpc) is 3.25. The molecule has 0 radical (unpaired) electrons. The van der Waals surface area contributed by atoms with Crippen LogP contribution in [0.1, 0.15) is 32.6 Å². The first-order valence-electron chi connectivity index (χ1n) is 10.2. The van der Waals surface area contributed by atoms with Gasteiger partial charge >= 0.3 is 0 Å². The second-order valence-corrected chi connectivity index (χ2v) is 7.72. The Hall–Kier alpha value is -2.83. The quantitative estimate of drug-likeness (QED) is 0.741. The Morgan fingerprint density at radius 3 is 2.76 bits per heavy atom. The summed E-state index contributed by atoms with van der Waals surface area (Å²) in [6.07, 6.45) is 6.85. The first-order chi connectivity index (χ1) is 14.0. The number of ether oxygens (including phenoxy) is 1. The molecule has 0 saturated carbocycles. The maximum absolute atomic E-state index is 12.7. The van der Waals surface area contributed by atoms with Crippen LogP contribution in [0.15, 0.2) is 42.7 Å². The highest BCUT2D eigenvalue weighted by atomic mass is 16.5. The van der Waals surface area contributed by atoms with Crippen molar-refractivity contribution in [3.05, 3.63) is 42.7 Å². The topological polar surface area (TPSA) is 76.5 Å². The Kier molecular flexibility index (Phi) is 7.27. The number of hydrogen-bond acceptors (Lipinski definition) is 4. The van der Waals surface area contributed by atoms with Gasteiger partial charge in [-0.3, -0.25) is 14.3 Å². The number of nitrogens with zero attached hydrogens (tertiary/aromatic N) is 3. The van der Waals surface area contributed by atoms with Crippen LogP contribution in [-0.4, -0.2) is 46.7 Å². The molecule has 1 aliphatic heterocycles. The Morgan fingerprint density at radius 1 is 1.28 bits per heavy atom. The number of rotatable bonds is 8. The molecule has 7 heteroatoms. The molecular weight excluding hydrogens is 368 g/mol. The van der Waals surface area contributed by atoms with Crippen molar-refractivity contribution in [1.82, 2.24) is 14.7 Å². The van der Waals surface area contributed by atoms with E-state index in [1.807, 2.05) is 48.4 Å². The Labute approximate surface area is 172 Å². The monoisotopic (exact) mass is 398 g/mol. The molecule has 156 valence electrons. The SMILES string of the molecule is COc1cccc(NC(=O)CCC2CCN(C(=O)C(C)Cn3cccn3)CC2)c1. The Balaban J connectivity index is 1.38. The number of amides is 2. The summed E-state index contributed by atoms with van der Waals surface area (Å²) in [5.74, 6) is 1.33. The van der Waals surface area contributed by atoms with Crippen LogP contribution >= 0.6 is 0 Å². The molecule has 1 aromatic carbocycles. The highest BCUT2D eigenvalue weighted by Gasteiger charge is 2.26. The van der Waals surface area contributed by atoms with Crippen molar-refractivity contribution in [3.8, 4) is 5.75 Å². The van der Waals surface area contributed by atoms with E-state index in [4.69, 9.17) is 4.74 Å². The van der Waals surface area contributed by atoms with Gasteiger partial charge in [0.25, 0.3) is 0 Å². The molecule has 2 amide bonds. The van der Waals surface area contributed by atoms with Gasteiger partial charge in [-0.25, -0.2) is 0 Å². The highest BCUT2D eigenvalue weighted by molar-refractivity contribution is 5.90. The third kappa shape index (κ3) is 6.07. The number of aromatic nitrogens is 2. The van der Waals surface area contributed by atoms with Crippen LogP contribution < -0.4 is 10.1 Å². The molecule has 7 nitrogen and oxygen atoms in total. The smallest absolute Gasteiger partial charge is 0.227 e. The van der Waals surface area contributed by atoms with E-state index in [0.717, 1.165) is 43.8 Å². The van der Waals surface area contributed by atoms with Crippen molar-refractivity contribution >= 4 is 17.5 Å². The molecule has 2 heterocycles. The summed E-state index contributed by atoms with van der Waals surface area (Å²) in [4.78, 5) is 26.9. The minimum Gasteiger partial charge on any atom is -0.497 e. The van der Waals surface area contributed by atoms with Crippen LogP contribution in [0.5, 0.6) is 5.75 Å². The van der Waals surface area contributed by atoms with Gasteiger partial charge < -0.3 is 15.0 Å². The second-order valence-electron chi connectivity index (χ2n) is 7.72. The van der Waals surface area contributed by atoms with Crippen molar-refractivity contribution in [2.75, 3.05) is 25.5 Å². The summed E-state index contributed by atoms with van der Waals surface area (Å²) in [5.41, 5.74) is 0.751. The average molecular weight is 399 g/mol. The number of methoxy groups -OCH3 is 1. The second kappa shape index (κ2) is 10.1. The van der Waals surface area contributed by atoms with Crippen molar-refractivity contribution in [1.29, 1.82) is 0 Å². The predicted octanol–water partition coefficient (Wildman–Crippen LogP) is 3.19. The third-order valence-electron chi connectivity index (χ3n) is 5.50. The summed E-state index contributed by atoms with van der Waals surface area (Å²) in [6, 6.07) is 9.24. The number of carbonyl (C=O) groups excluding carboxylic acids is 2. The minimum absolute atomic E-state index is 0.0182. The largest absolute Gasteiger partial charge is 0.497 e. The minimum atomic E-state index is -0.0832. The summed E-state index contributed by atoms with van der Waals surface area (Å²) >= 11 is 0. The van der Waals surface area contributed by atoms with E-state index < -0.39 is 0 Å². The lowest BCUT2D eigenvalue weighted by molar-refractivity contribution is -0.137. The van der Waals surface area contributed by atoms with E-state index >= 15 is 0 Å². The molecule has 1 N–H and O–H groups in total. The molecule has 29 heavy (non-hydrogen) atoms. The van der Waals surface area contributed by atoms with E-state index in [9.17, 15) is 9.59 Å². The zero-order valence-electron chi connectivity index (χ0n) is 17.2. The van der Waals surface area contributed by atoms with E-state index in [2.05, 4.69) is 10.4 Å². The number of benzene rings is 1. The van der Waals surface area contributed by atoms with E-state index in [1.54, 1.807) is 18.0 Å². The Morgan fingerprint density at radius 2 is 2.07 bits per heavy atom. The first kappa shape index (κ1) is 20.9. The van der Waals surface area contributed by atoms with Crippen molar-refractivity contribution in [2.24, 2.45) is 11.8 Å². The molecule has 1 saturated heterocycles. The van der Waals surface area contributed by atoms with Crippen LogP contribution in [0.2, 0.25) is 0 Å². The zero-order valence-corrected chi connectivity index (χ0v) is 17.2. The molecule has 0 aliphatic carbocycles. The standard InChI is InChI=1S/C22H30N4O3/c1-17(16-26-12-4-11-23-26)22(28)25-13-9-18(10-14-25)7-8-21(27)24-19-5-3-6-20(15-19)29-2/h3-6,11-12,15,17-18H,7-10,13-14,16H2,1-2H3,(H,24,27). The lowest BCUT2D eigenvalue weighted by Crippen LogP contribution is -2.42. The number of likely N-dealkylation sites (tertiary alicyclic amines) is 1. The van der Waals surface area contributed by atoms with Crippen LogP contribution in [0.4, 0.5) is 5.69 Å². The number of anilines is 1. The van der Waals surface area contributed by atoms with Crippen LogP contribution in [0.25, 0.3) is 0 Å². The lowest BCUT2D eigenvalue weighted by Gasteiger charge is -2.33. The van der Waals surface area contributed by atoms with Gasteiger partial charge in [-0.1, -0.05) is 13.0 Å². The van der Waals surface area contributed by atoms with Crippen LogP contribution in [0.3, 0.4) is 0 Å². The molecule has 1 atom stereocenters. The van der Waals surface area contributed by atoms with Gasteiger partial charge in [0.1, 0.15) is 5.75 Å². The summed E-state index contributed by atoms with van der Waals surface area (Å²) < 4.78 is 6.98. The first-order valence-corrected chi connectivity index (χ1v) is 10.2. The van der Waals surface area contributed by atoms with E-state index in [1.165, 1.54) is 0 Å². The molecule has 2 aromatic rings. The van der Waals surface area contributed by atoms with Crippen molar-refractivity contribution in [2.45, 2.75) is 39.2 Å². The maximum atomic E-state index is 12.7. The van der Waals surface area contributed by atoms with Gasteiger partial charge in [0.2, 0.25) is 11.8 Å². The van der Waals surface area contributed by atoms with Crippen LogP contribution in [-0.2, 0) is 16.1 Å². The van der Waals surface area contributed by atoms with Gasteiger partial charge in [0, 0.05) is 43.7 Å². The van der Waals surface area contributed by atoms with E-state index in [-0.39, 0.29) is 17.7 Å². The summed E-state index contributed by atoms with van der Waals surface area (Å²) in [7, 11) is 1.61. The lowest BCUT2D eigenvalue weighted by atomic mass is 9.91. The fourth-order valence-corrected chi connectivity index (χ4v) is 3.78. The predicted molar refractivity (Wildman–Crippen MR) is 112 cm³/mol. The maximum Gasteiger partial charge on any atom is 0.227 e. The zero-order chi connectivity index (χ0) is 20.6. The fraction of sp³-hybridized carbons (Fsp3) is 0.500. The third-order valence-corrected chi connectivity index (χ3v) is 5.50.